The summed E-state index contributed by atoms with van der Waals surface area (Å²) in [5, 5.41) is 13.5. The quantitative estimate of drug-likeness (QED) is 0.586. The van der Waals surface area contributed by atoms with Crippen molar-refractivity contribution in [2.75, 3.05) is 12.8 Å². The lowest BCUT2D eigenvalue weighted by Crippen LogP contribution is -2.27. The lowest BCUT2D eigenvalue weighted by molar-refractivity contribution is -0.127. The van der Waals surface area contributed by atoms with Crippen molar-refractivity contribution in [2.24, 2.45) is 7.05 Å². The van der Waals surface area contributed by atoms with Crippen molar-refractivity contribution < 1.29 is 4.79 Å². The number of hydrogen-bond acceptors (Lipinski definition) is 5. The SMILES string of the molecule is CCn1c(SCC(=O)N(C)Cc2cnn(C)c2)nnc1-c1cccc(C)c1. The largest absolute Gasteiger partial charge is 0.341 e. The first-order valence-corrected chi connectivity index (χ1v) is 9.81. The molecule has 0 aliphatic heterocycles. The van der Waals surface area contributed by atoms with Gasteiger partial charge in [-0.3, -0.25) is 9.48 Å². The van der Waals surface area contributed by atoms with Crippen molar-refractivity contribution in [3.8, 4) is 11.4 Å². The van der Waals surface area contributed by atoms with Crippen molar-refractivity contribution in [1.82, 2.24) is 29.4 Å². The van der Waals surface area contributed by atoms with Gasteiger partial charge in [0.05, 0.1) is 11.9 Å². The van der Waals surface area contributed by atoms with E-state index in [0.29, 0.717) is 12.3 Å². The number of benzene rings is 1. The van der Waals surface area contributed by atoms with Crippen LogP contribution in [-0.4, -0.2) is 48.2 Å². The van der Waals surface area contributed by atoms with Crippen LogP contribution in [0.2, 0.25) is 0 Å². The molecule has 0 radical (unpaired) electrons. The number of carbonyl (C=O) groups is 1. The molecule has 0 N–H and O–H groups in total. The number of nitrogens with zero attached hydrogens (tertiary/aromatic N) is 6. The summed E-state index contributed by atoms with van der Waals surface area (Å²) < 4.78 is 3.78. The van der Waals surface area contributed by atoms with Gasteiger partial charge in [-0.2, -0.15) is 5.10 Å². The second-order valence-electron chi connectivity index (χ2n) is 6.48. The van der Waals surface area contributed by atoms with Crippen molar-refractivity contribution >= 4 is 17.7 Å². The number of rotatable bonds is 7. The smallest absolute Gasteiger partial charge is 0.233 e. The summed E-state index contributed by atoms with van der Waals surface area (Å²) in [6.07, 6.45) is 3.69. The zero-order chi connectivity index (χ0) is 19.4. The van der Waals surface area contributed by atoms with Crippen molar-refractivity contribution in [1.29, 1.82) is 0 Å². The molecule has 1 amide bonds. The molecule has 3 rings (SSSR count). The Hall–Kier alpha value is -2.61. The van der Waals surface area contributed by atoms with Crippen LogP contribution in [0.25, 0.3) is 11.4 Å². The van der Waals surface area contributed by atoms with E-state index in [-0.39, 0.29) is 5.91 Å². The summed E-state index contributed by atoms with van der Waals surface area (Å²) in [5.41, 5.74) is 3.23. The van der Waals surface area contributed by atoms with E-state index in [1.165, 1.54) is 17.3 Å². The molecule has 0 saturated heterocycles. The summed E-state index contributed by atoms with van der Waals surface area (Å²) in [6.45, 7) is 5.41. The minimum Gasteiger partial charge on any atom is -0.341 e. The molecule has 0 atom stereocenters. The summed E-state index contributed by atoms with van der Waals surface area (Å²) in [6, 6.07) is 8.20. The highest BCUT2D eigenvalue weighted by Gasteiger charge is 2.16. The van der Waals surface area contributed by atoms with Gasteiger partial charge in [-0.05, 0) is 19.9 Å². The number of amides is 1. The third-order valence-corrected chi connectivity index (χ3v) is 5.19. The predicted molar refractivity (Wildman–Crippen MR) is 106 cm³/mol. The molecule has 0 bridgehead atoms. The maximum atomic E-state index is 12.5. The normalized spacial score (nSPS) is 11.0. The molecular weight excluding hydrogens is 360 g/mol. The Morgan fingerprint density at radius 2 is 2.11 bits per heavy atom. The van der Waals surface area contributed by atoms with Gasteiger partial charge in [0.2, 0.25) is 5.91 Å². The van der Waals surface area contributed by atoms with Gasteiger partial charge >= 0.3 is 0 Å². The van der Waals surface area contributed by atoms with E-state index >= 15 is 0 Å². The van der Waals surface area contributed by atoms with Crippen LogP contribution in [0.15, 0.2) is 41.8 Å². The molecule has 3 aromatic rings. The molecule has 0 saturated carbocycles. The zero-order valence-corrected chi connectivity index (χ0v) is 16.9. The Morgan fingerprint density at radius 1 is 1.30 bits per heavy atom. The fraction of sp³-hybridized carbons (Fsp3) is 0.368. The van der Waals surface area contributed by atoms with Gasteiger partial charge in [-0.25, -0.2) is 0 Å². The zero-order valence-electron chi connectivity index (χ0n) is 16.1. The number of aromatic nitrogens is 5. The second kappa shape index (κ2) is 8.39. The number of carbonyl (C=O) groups excluding carboxylic acids is 1. The molecule has 8 heteroatoms. The highest BCUT2D eigenvalue weighted by atomic mass is 32.2. The fourth-order valence-electron chi connectivity index (χ4n) is 2.83. The first-order chi connectivity index (χ1) is 13.0. The molecule has 0 aliphatic rings. The highest BCUT2D eigenvalue weighted by molar-refractivity contribution is 7.99. The van der Waals surface area contributed by atoms with Crippen LogP contribution in [0.3, 0.4) is 0 Å². The summed E-state index contributed by atoms with van der Waals surface area (Å²) in [7, 11) is 3.67. The van der Waals surface area contributed by atoms with Crippen molar-refractivity contribution in [3.63, 3.8) is 0 Å². The van der Waals surface area contributed by atoms with E-state index < -0.39 is 0 Å². The van der Waals surface area contributed by atoms with E-state index in [9.17, 15) is 4.79 Å². The van der Waals surface area contributed by atoms with Crippen LogP contribution in [0.1, 0.15) is 18.1 Å². The minimum absolute atomic E-state index is 0.0478. The van der Waals surface area contributed by atoms with Gasteiger partial charge < -0.3 is 9.47 Å². The second-order valence-corrected chi connectivity index (χ2v) is 7.42. The lowest BCUT2D eigenvalue weighted by atomic mass is 10.1. The fourth-order valence-corrected chi connectivity index (χ4v) is 3.77. The Morgan fingerprint density at radius 3 is 2.78 bits per heavy atom. The Bertz CT molecular complexity index is 932. The third-order valence-electron chi connectivity index (χ3n) is 4.24. The summed E-state index contributed by atoms with van der Waals surface area (Å²) in [4.78, 5) is 14.2. The molecule has 27 heavy (non-hydrogen) atoms. The molecule has 0 aliphatic carbocycles. The van der Waals surface area contributed by atoms with E-state index in [1.807, 2.05) is 29.9 Å². The van der Waals surface area contributed by atoms with Crippen molar-refractivity contribution in [3.05, 3.63) is 47.8 Å². The van der Waals surface area contributed by atoms with E-state index in [0.717, 1.165) is 28.7 Å². The van der Waals surface area contributed by atoms with Crippen LogP contribution >= 0.6 is 11.8 Å². The molecular formula is C19H24N6OS. The van der Waals surface area contributed by atoms with Crippen LogP contribution in [0.4, 0.5) is 0 Å². The van der Waals surface area contributed by atoms with E-state index in [2.05, 4.69) is 41.3 Å². The van der Waals surface area contributed by atoms with Gasteiger partial charge in [-0.15, -0.1) is 10.2 Å². The van der Waals surface area contributed by atoms with Crippen LogP contribution in [-0.2, 0) is 24.9 Å². The first kappa shape index (κ1) is 19.2. The number of aryl methyl sites for hydroxylation is 2. The molecule has 7 nitrogen and oxygen atoms in total. The molecule has 0 unspecified atom stereocenters. The molecule has 2 heterocycles. The molecule has 0 fully saturated rings. The van der Waals surface area contributed by atoms with Gasteiger partial charge in [0, 0.05) is 44.5 Å². The third kappa shape index (κ3) is 4.57. The van der Waals surface area contributed by atoms with Crippen LogP contribution in [0.5, 0.6) is 0 Å². The van der Waals surface area contributed by atoms with Gasteiger partial charge in [0.1, 0.15) is 0 Å². The number of hydrogen-bond donors (Lipinski definition) is 0. The monoisotopic (exact) mass is 384 g/mol. The summed E-state index contributed by atoms with van der Waals surface area (Å²) in [5.74, 6) is 1.20. The Kier molecular flexibility index (Phi) is 5.95. The minimum atomic E-state index is 0.0478. The van der Waals surface area contributed by atoms with E-state index in [1.54, 1.807) is 22.8 Å². The Labute approximate surface area is 163 Å². The summed E-state index contributed by atoms with van der Waals surface area (Å²) >= 11 is 1.42. The standard InChI is InChI=1S/C19H24N6OS/c1-5-25-18(16-8-6-7-14(2)9-16)21-22-19(25)27-13-17(26)23(3)11-15-10-20-24(4)12-15/h6-10,12H,5,11,13H2,1-4H3. The lowest BCUT2D eigenvalue weighted by Gasteiger charge is -2.16. The van der Waals surface area contributed by atoms with Crippen LogP contribution in [0, 0.1) is 6.92 Å². The molecule has 1 aromatic carbocycles. The first-order valence-electron chi connectivity index (χ1n) is 8.82. The predicted octanol–water partition coefficient (Wildman–Crippen LogP) is 2.76. The van der Waals surface area contributed by atoms with Gasteiger partial charge in [0.15, 0.2) is 11.0 Å². The molecule has 0 spiro atoms. The van der Waals surface area contributed by atoms with Crippen LogP contribution < -0.4 is 0 Å². The van der Waals surface area contributed by atoms with Gasteiger partial charge in [0.25, 0.3) is 0 Å². The maximum Gasteiger partial charge on any atom is 0.233 e. The van der Waals surface area contributed by atoms with Crippen molar-refractivity contribution in [2.45, 2.75) is 32.1 Å². The average molecular weight is 385 g/mol. The highest BCUT2D eigenvalue weighted by Crippen LogP contribution is 2.24. The molecule has 2 aromatic heterocycles. The molecule has 142 valence electrons. The van der Waals surface area contributed by atoms with Gasteiger partial charge in [-0.1, -0.05) is 35.5 Å². The topological polar surface area (TPSA) is 68.8 Å². The number of thioether (sulfide) groups is 1. The average Bonchev–Trinajstić information content (AvgIpc) is 3.25. The van der Waals surface area contributed by atoms with E-state index in [4.69, 9.17) is 0 Å². The maximum absolute atomic E-state index is 12.5. The Balaban J connectivity index is 1.66.